The van der Waals surface area contributed by atoms with Crippen molar-refractivity contribution in [2.24, 2.45) is 0 Å². The van der Waals surface area contributed by atoms with Gasteiger partial charge >= 0.3 is 5.97 Å². The van der Waals surface area contributed by atoms with Crippen molar-refractivity contribution in [3.05, 3.63) is 100 Å². The normalized spacial score (nSPS) is 15.4. The standard InChI is InChI=1S/C41H43ClN6O4/c1-24-29(9-7-11-31(24)39-47-34-19-26(18-32(42)37(34)52-39)22-48-16-6-5-13-35(48)40(49)50)30-10-8-12-33(25(30)2)46-38-36-28(14-15-44-38)17-27(21-45-36)20-43-23-41(3,4)51/h7-12,14-15,17-19,21,35,43,51H,5-6,13,16,20,22-23H2,1-4H3,(H,44,46)(H,49,50). The highest BCUT2D eigenvalue weighted by atomic mass is 35.5. The van der Waals surface area contributed by atoms with Gasteiger partial charge in [0.15, 0.2) is 11.4 Å². The molecule has 4 N–H and O–H groups in total. The number of aliphatic hydroxyl groups is 1. The fraction of sp³-hybridized carbons (Fsp3) is 0.317. The Hall–Kier alpha value is -4.87. The van der Waals surface area contributed by atoms with Crippen LogP contribution in [0.3, 0.4) is 0 Å². The van der Waals surface area contributed by atoms with E-state index < -0.39 is 17.6 Å². The number of hydrogen-bond acceptors (Lipinski definition) is 9. The van der Waals surface area contributed by atoms with Gasteiger partial charge in [-0.1, -0.05) is 42.3 Å². The molecule has 52 heavy (non-hydrogen) atoms. The Kier molecular flexibility index (Phi) is 10.00. The Labute approximate surface area is 307 Å². The number of nitrogens with one attached hydrogen (secondary N) is 2. The SMILES string of the molecule is Cc1c(Nc2nccc3cc(CNCC(C)(C)O)cnc23)cccc1-c1cccc(-c2nc3cc(CN4CCCCC4C(=O)O)cc(Cl)c3o2)c1C. The number of halogens is 1. The van der Waals surface area contributed by atoms with Crippen LogP contribution < -0.4 is 10.6 Å². The Morgan fingerprint density at radius 1 is 1.00 bits per heavy atom. The van der Waals surface area contributed by atoms with E-state index in [4.69, 9.17) is 26.0 Å². The molecule has 3 aromatic heterocycles. The van der Waals surface area contributed by atoms with Gasteiger partial charge in [-0.05, 0) is 117 Å². The predicted octanol–water partition coefficient (Wildman–Crippen LogP) is 8.42. The van der Waals surface area contributed by atoms with Crippen LogP contribution in [-0.2, 0) is 17.9 Å². The second kappa shape index (κ2) is 14.6. The minimum absolute atomic E-state index is 0.453. The van der Waals surface area contributed by atoms with Gasteiger partial charge in [0.05, 0.1) is 10.6 Å². The molecule has 0 aliphatic carbocycles. The van der Waals surface area contributed by atoms with Crippen molar-refractivity contribution in [2.45, 2.75) is 71.7 Å². The number of aliphatic carboxylic acids is 1. The lowest BCUT2D eigenvalue weighted by Gasteiger charge is -2.32. The van der Waals surface area contributed by atoms with E-state index in [1.165, 1.54) is 0 Å². The van der Waals surface area contributed by atoms with Gasteiger partial charge in [-0.15, -0.1) is 0 Å². The number of pyridine rings is 2. The maximum absolute atomic E-state index is 11.9. The van der Waals surface area contributed by atoms with Crippen LogP contribution in [-0.4, -0.2) is 60.8 Å². The first kappa shape index (κ1) is 35.5. The lowest BCUT2D eigenvalue weighted by Crippen LogP contribution is -2.43. The number of nitrogens with zero attached hydrogens (tertiary/aromatic N) is 4. The van der Waals surface area contributed by atoms with Gasteiger partial charge in [-0.3, -0.25) is 14.7 Å². The molecule has 0 amide bonds. The lowest BCUT2D eigenvalue weighted by molar-refractivity contribution is -0.144. The molecule has 1 saturated heterocycles. The van der Waals surface area contributed by atoms with Crippen molar-refractivity contribution in [3.8, 4) is 22.6 Å². The van der Waals surface area contributed by atoms with E-state index in [9.17, 15) is 15.0 Å². The van der Waals surface area contributed by atoms with E-state index in [-0.39, 0.29) is 0 Å². The second-order valence-electron chi connectivity index (χ2n) is 14.3. The molecule has 3 aromatic carbocycles. The second-order valence-corrected chi connectivity index (χ2v) is 14.7. The average molecular weight is 719 g/mol. The quantitative estimate of drug-likeness (QED) is 0.103. The van der Waals surface area contributed by atoms with Crippen LogP contribution in [0.5, 0.6) is 0 Å². The fourth-order valence-electron chi connectivity index (χ4n) is 7.10. The van der Waals surface area contributed by atoms with Crippen molar-refractivity contribution in [1.82, 2.24) is 25.2 Å². The third kappa shape index (κ3) is 7.52. The molecule has 1 atom stereocenters. The van der Waals surface area contributed by atoms with E-state index in [1.54, 1.807) is 20.0 Å². The first-order valence-electron chi connectivity index (χ1n) is 17.6. The van der Waals surface area contributed by atoms with E-state index in [0.29, 0.717) is 53.9 Å². The van der Waals surface area contributed by atoms with Crippen molar-refractivity contribution >= 4 is 51.1 Å². The number of likely N-dealkylation sites (tertiary alicyclic amines) is 1. The van der Waals surface area contributed by atoms with Crippen molar-refractivity contribution in [2.75, 3.05) is 18.4 Å². The maximum Gasteiger partial charge on any atom is 0.320 e. The summed E-state index contributed by atoms with van der Waals surface area (Å²) in [7, 11) is 0. The highest BCUT2D eigenvalue weighted by Crippen LogP contribution is 2.38. The van der Waals surface area contributed by atoms with Crippen LogP contribution in [0.25, 0.3) is 44.6 Å². The molecule has 7 rings (SSSR count). The number of hydrogen-bond donors (Lipinski definition) is 4. The zero-order valence-electron chi connectivity index (χ0n) is 29.8. The molecular weight excluding hydrogens is 676 g/mol. The summed E-state index contributed by atoms with van der Waals surface area (Å²) in [6.45, 7) is 10.0. The number of oxazole rings is 1. The van der Waals surface area contributed by atoms with Crippen LogP contribution in [0.4, 0.5) is 11.5 Å². The number of aromatic nitrogens is 3. The van der Waals surface area contributed by atoms with E-state index in [2.05, 4.69) is 47.7 Å². The number of rotatable bonds is 11. The fourth-order valence-corrected chi connectivity index (χ4v) is 7.38. The minimum Gasteiger partial charge on any atom is -0.480 e. The van der Waals surface area contributed by atoms with Gasteiger partial charge in [0.25, 0.3) is 0 Å². The monoisotopic (exact) mass is 718 g/mol. The first-order valence-corrected chi connectivity index (χ1v) is 18.0. The van der Waals surface area contributed by atoms with Gasteiger partial charge in [0.2, 0.25) is 5.89 Å². The average Bonchev–Trinajstić information content (AvgIpc) is 3.54. The molecule has 1 fully saturated rings. The zero-order valence-corrected chi connectivity index (χ0v) is 30.6. The molecule has 6 aromatic rings. The summed E-state index contributed by atoms with van der Waals surface area (Å²) in [5.41, 5.74) is 9.01. The van der Waals surface area contributed by atoms with Gasteiger partial charge in [-0.25, -0.2) is 9.97 Å². The molecule has 0 saturated carbocycles. The molecule has 0 bridgehead atoms. The number of fused-ring (bicyclic) bond motifs is 2. The van der Waals surface area contributed by atoms with E-state index >= 15 is 0 Å². The number of piperidine rings is 1. The first-order chi connectivity index (χ1) is 24.9. The molecule has 268 valence electrons. The number of carboxylic acids is 1. The number of carbonyl (C=O) groups is 1. The Morgan fingerprint density at radius 3 is 2.56 bits per heavy atom. The zero-order chi connectivity index (χ0) is 36.6. The van der Waals surface area contributed by atoms with Gasteiger partial charge < -0.3 is 25.3 Å². The Morgan fingerprint density at radius 2 is 1.77 bits per heavy atom. The summed E-state index contributed by atoms with van der Waals surface area (Å²) in [5.74, 6) is 0.357. The topological polar surface area (TPSA) is 137 Å². The van der Waals surface area contributed by atoms with E-state index in [0.717, 1.165) is 74.9 Å². The summed E-state index contributed by atoms with van der Waals surface area (Å²) >= 11 is 6.73. The van der Waals surface area contributed by atoms with Crippen LogP contribution >= 0.6 is 11.6 Å². The van der Waals surface area contributed by atoms with Crippen LogP contribution in [0.15, 0.2) is 77.5 Å². The molecule has 0 radical (unpaired) electrons. The Bertz CT molecular complexity index is 2280. The molecule has 11 heteroatoms. The maximum atomic E-state index is 11.9. The summed E-state index contributed by atoms with van der Waals surface area (Å²) in [6, 6.07) is 19.6. The summed E-state index contributed by atoms with van der Waals surface area (Å²) in [6.07, 6.45) is 6.17. The molecule has 1 unspecified atom stereocenters. The molecule has 10 nitrogen and oxygen atoms in total. The molecular formula is C41H43ClN6O4. The number of anilines is 2. The minimum atomic E-state index is -0.787. The van der Waals surface area contributed by atoms with Gasteiger partial charge in [-0.2, -0.15) is 0 Å². The van der Waals surface area contributed by atoms with Crippen LogP contribution in [0, 0.1) is 13.8 Å². The molecule has 0 spiro atoms. The Balaban J connectivity index is 1.15. The molecule has 1 aliphatic rings. The number of benzene rings is 3. The van der Waals surface area contributed by atoms with E-state index in [1.807, 2.05) is 53.6 Å². The lowest BCUT2D eigenvalue weighted by atomic mass is 9.93. The summed E-state index contributed by atoms with van der Waals surface area (Å²) in [4.78, 5) is 28.1. The highest BCUT2D eigenvalue weighted by molar-refractivity contribution is 6.34. The van der Waals surface area contributed by atoms with Crippen molar-refractivity contribution in [1.29, 1.82) is 0 Å². The third-order valence-electron chi connectivity index (χ3n) is 9.77. The molecule has 1 aliphatic heterocycles. The van der Waals surface area contributed by atoms with Crippen molar-refractivity contribution < 1.29 is 19.4 Å². The van der Waals surface area contributed by atoms with Crippen LogP contribution in [0.2, 0.25) is 5.02 Å². The largest absolute Gasteiger partial charge is 0.480 e. The number of carboxylic acid groups (broad SMARTS) is 1. The smallest absolute Gasteiger partial charge is 0.320 e. The van der Waals surface area contributed by atoms with Crippen molar-refractivity contribution in [3.63, 3.8) is 0 Å². The summed E-state index contributed by atoms with van der Waals surface area (Å²) in [5, 5.41) is 28.0. The third-order valence-corrected chi connectivity index (χ3v) is 10.1. The van der Waals surface area contributed by atoms with Gasteiger partial charge in [0.1, 0.15) is 17.1 Å². The molecule has 4 heterocycles. The predicted molar refractivity (Wildman–Crippen MR) is 206 cm³/mol. The summed E-state index contributed by atoms with van der Waals surface area (Å²) < 4.78 is 6.29. The van der Waals surface area contributed by atoms with Crippen LogP contribution in [0.1, 0.15) is 55.4 Å². The highest BCUT2D eigenvalue weighted by Gasteiger charge is 2.29. The van der Waals surface area contributed by atoms with Gasteiger partial charge in [0, 0.05) is 48.7 Å².